The van der Waals surface area contributed by atoms with Crippen LogP contribution in [0.4, 0.5) is 5.69 Å². The number of aromatic nitrogens is 2. The number of hydrogen-bond acceptors (Lipinski definition) is 4. The Morgan fingerprint density at radius 2 is 1.79 bits per heavy atom. The number of halogens is 1. The van der Waals surface area contributed by atoms with E-state index < -0.39 is 0 Å². The average molecular weight is 347 g/mol. The smallest absolute Gasteiger partial charge is 0.292 e. The highest BCUT2D eigenvalue weighted by molar-refractivity contribution is 6.33. The van der Waals surface area contributed by atoms with Gasteiger partial charge in [-0.05, 0) is 18.1 Å². The monoisotopic (exact) mass is 346 g/mol. The van der Waals surface area contributed by atoms with Crippen LogP contribution in [0.5, 0.6) is 0 Å². The fraction of sp³-hybridized carbons (Fsp3) is 0.444. The molecule has 0 bridgehead atoms. The molecule has 128 valence electrons. The van der Waals surface area contributed by atoms with Gasteiger partial charge < -0.3 is 4.90 Å². The molecule has 1 saturated heterocycles. The molecule has 0 radical (unpaired) electrons. The van der Waals surface area contributed by atoms with E-state index in [1.165, 1.54) is 4.68 Å². The molecule has 0 amide bonds. The van der Waals surface area contributed by atoms with E-state index in [1.54, 1.807) is 6.20 Å². The Kier molecular flexibility index (Phi) is 5.21. The first kappa shape index (κ1) is 17.0. The summed E-state index contributed by atoms with van der Waals surface area (Å²) >= 11 is 6.37. The zero-order chi connectivity index (χ0) is 17.1. The van der Waals surface area contributed by atoms with E-state index in [-0.39, 0.29) is 10.6 Å². The Bertz CT molecular complexity index is 736. The molecule has 6 heteroatoms. The van der Waals surface area contributed by atoms with Gasteiger partial charge in [0, 0.05) is 32.7 Å². The fourth-order valence-electron chi connectivity index (χ4n) is 3.09. The molecule has 0 N–H and O–H groups in total. The van der Waals surface area contributed by atoms with Gasteiger partial charge in [0.25, 0.3) is 5.56 Å². The molecule has 1 aliphatic heterocycles. The molecule has 1 aliphatic rings. The highest BCUT2D eigenvalue weighted by Gasteiger charge is 2.21. The van der Waals surface area contributed by atoms with Crippen molar-refractivity contribution in [2.24, 2.45) is 5.92 Å². The summed E-state index contributed by atoms with van der Waals surface area (Å²) < 4.78 is 1.35. The van der Waals surface area contributed by atoms with E-state index in [0.717, 1.165) is 44.1 Å². The molecule has 5 nitrogen and oxygen atoms in total. The largest absolute Gasteiger partial charge is 0.366 e. The summed E-state index contributed by atoms with van der Waals surface area (Å²) in [6, 6.07) is 9.34. The molecule has 0 spiro atoms. The predicted octanol–water partition coefficient (Wildman–Crippen LogP) is 2.66. The summed E-state index contributed by atoms with van der Waals surface area (Å²) in [4.78, 5) is 17.2. The van der Waals surface area contributed by atoms with Crippen LogP contribution in [-0.4, -0.2) is 47.4 Å². The molecular formula is C18H23ClN4O. The van der Waals surface area contributed by atoms with Gasteiger partial charge in [-0.1, -0.05) is 43.6 Å². The number of nitrogens with zero attached hydrogens (tertiary/aromatic N) is 4. The summed E-state index contributed by atoms with van der Waals surface area (Å²) in [5, 5.41) is 4.56. The van der Waals surface area contributed by atoms with Crippen LogP contribution in [0.1, 0.15) is 13.8 Å². The maximum atomic E-state index is 12.6. The lowest BCUT2D eigenvalue weighted by Gasteiger charge is -2.36. The van der Waals surface area contributed by atoms with Crippen molar-refractivity contribution in [3.05, 3.63) is 51.9 Å². The van der Waals surface area contributed by atoms with Gasteiger partial charge >= 0.3 is 0 Å². The second kappa shape index (κ2) is 7.36. The highest BCUT2D eigenvalue weighted by Crippen LogP contribution is 2.23. The minimum Gasteiger partial charge on any atom is -0.366 e. The van der Waals surface area contributed by atoms with Crippen molar-refractivity contribution in [3.8, 4) is 5.69 Å². The summed E-state index contributed by atoms with van der Waals surface area (Å²) in [6.45, 7) is 9.26. The molecule has 0 saturated carbocycles. The second-order valence-electron chi connectivity index (χ2n) is 6.58. The molecule has 2 aromatic rings. The standard InChI is InChI=1S/C18H23ClN4O/c1-14(2)13-21-8-10-22(11-9-21)16-12-20-23(18(24)17(16)19)15-6-4-3-5-7-15/h3-7,12,14H,8-11,13H2,1-2H3. The normalized spacial score (nSPS) is 15.9. The Balaban J connectivity index is 1.79. The van der Waals surface area contributed by atoms with E-state index >= 15 is 0 Å². The third-order valence-corrected chi connectivity index (χ3v) is 4.59. The average Bonchev–Trinajstić information content (AvgIpc) is 2.58. The third-order valence-electron chi connectivity index (χ3n) is 4.24. The maximum absolute atomic E-state index is 12.6. The van der Waals surface area contributed by atoms with Crippen molar-refractivity contribution in [3.63, 3.8) is 0 Å². The SMILES string of the molecule is CC(C)CN1CCN(c2cnn(-c3ccccc3)c(=O)c2Cl)CC1. The van der Waals surface area contributed by atoms with E-state index in [1.807, 2.05) is 30.3 Å². The number of rotatable bonds is 4. The molecule has 0 atom stereocenters. The van der Waals surface area contributed by atoms with Gasteiger partial charge in [0.2, 0.25) is 0 Å². The van der Waals surface area contributed by atoms with E-state index in [9.17, 15) is 4.79 Å². The van der Waals surface area contributed by atoms with Crippen molar-refractivity contribution < 1.29 is 0 Å². The molecule has 0 unspecified atom stereocenters. The number of para-hydroxylation sites is 1. The minimum absolute atomic E-state index is 0.242. The summed E-state index contributed by atoms with van der Waals surface area (Å²) in [6.07, 6.45) is 1.70. The quantitative estimate of drug-likeness (QED) is 0.853. The molecule has 1 aromatic carbocycles. The van der Waals surface area contributed by atoms with Gasteiger partial charge in [-0.15, -0.1) is 0 Å². The van der Waals surface area contributed by atoms with Crippen molar-refractivity contribution >= 4 is 17.3 Å². The Labute approximate surface area is 147 Å². The van der Waals surface area contributed by atoms with Crippen molar-refractivity contribution in [1.29, 1.82) is 0 Å². The molecule has 1 aromatic heterocycles. The zero-order valence-electron chi connectivity index (χ0n) is 14.2. The molecular weight excluding hydrogens is 324 g/mol. The fourth-order valence-corrected chi connectivity index (χ4v) is 3.33. The summed E-state index contributed by atoms with van der Waals surface area (Å²) in [5.74, 6) is 0.664. The van der Waals surface area contributed by atoms with Gasteiger partial charge in [0.15, 0.2) is 0 Å². The number of benzene rings is 1. The highest BCUT2D eigenvalue weighted by atomic mass is 35.5. The first-order chi connectivity index (χ1) is 11.6. The van der Waals surface area contributed by atoms with E-state index in [4.69, 9.17) is 11.6 Å². The molecule has 24 heavy (non-hydrogen) atoms. The molecule has 0 aliphatic carbocycles. The maximum Gasteiger partial charge on any atom is 0.292 e. The van der Waals surface area contributed by atoms with Crippen molar-refractivity contribution in [2.45, 2.75) is 13.8 Å². The number of piperazine rings is 1. The Morgan fingerprint density at radius 1 is 1.12 bits per heavy atom. The van der Waals surface area contributed by atoms with Crippen LogP contribution in [-0.2, 0) is 0 Å². The Hall–Kier alpha value is -1.85. The van der Waals surface area contributed by atoms with Gasteiger partial charge in [-0.25, -0.2) is 0 Å². The molecule has 2 heterocycles. The van der Waals surface area contributed by atoms with Gasteiger partial charge in [0.1, 0.15) is 5.02 Å². The minimum atomic E-state index is -0.273. The lowest BCUT2D eigenvalue weighted by Crippen LogP contribution is -2.48. The number of hydrogen-bond donors (Lipinski definition) is 0. The van der Waals surface area contributed by atoms with Gasteiger partial charge in [-0.2, -0.15) is 9.78 Å². The van der Waals surface area contributed by atoms with Crippen LogP contribution in [0.25, 0.3) is 5.69 Å². The van der Waals surface area contributed by atoms with Gasteiger partial charge in [-0.3, -0.25) is 9.69 Å². The van der Waals surface area contributed by atoms with E-state index in [2.05, 4.69) is 28.7 Å². The first-order valence-electron chi connectivity index (χ1n) is 8.37. The topological polar surface area (TPSA) is 41.4 Å². The lowest BCUT2D eigenvalue weighted by molar-refractivity contribution is 0.231. The van der Waals surface area contributed by atoms with E-state index in [0.29, 0.717) is 5.92 Å². The second-order valence-corrected chi connectivity index (χ2v) is 6.96. The van der Waals surface area contributed by atoms with Crippen LogP contribution in [0, 0.1) is 5.92 Å². The predicted molar refractivity (Wildman–Crippen MR) is 98.3 cm³/mol. The van der Waals surface area contributed by atoms with Crippen molar-refractivity contribution in [2.75, 3.05) is 37.6 Å². The first-order valence-corrected chi connectivity index (χ1v) is 8.74. The summed E-state index contributed by atoms with van der Waals surface area (Å²) in [5.41, 5.74) is 1.18. The van der Waals surface area contributed by atoms with Crippen LogP contribution < -0.4 is 10.5 Å². The molecule has 3 rings (SSSR count). The molecule has 1 fully saturated rings. The third kappa shape index (κ3) is 3.62. The number of anilines is 1. The van der Waals surface area contributed by atoms with Crippen LogP contribution in [0.2, 0.25) is 5.02 Å². The van der Waals surface area contributed by atoms with Crippen LogP contribution in [0.15, 0.2) is 41.3 Å². The Morgan fingerprint density at radius 3 is 2.42 bits per heavy atom. The van der Waals surface area contributed by atoms with Gasteiger partial charge in [0.05, 0.1) is 17.6 Å². The van der Waals surface area contributed by atoms with Crippen molar-refractivity contribution in [1.82, 2.24) is 14.7 Å². The summed E-state index contributed by atoms with van der Waals surface area (Å²) in [7, 11) is 0. The van der Waals surface area contributed by atoms with Crippen LogP contribution >= 0.6 is 11.6 Å². The van der Waals surface area contributed by atoms with Crippen LogP contribution in [0.3, 0.4) is 0 Å². The zero-order valence-corrected chi connectivity index (χ0v) is 14.9. The lowest BCUT2D eigenvalue weighted by atomic mass is 10.2.